The summed E-state index contributed by atoms with van der Waals surface area (Å²) in [5.74, 6) is 1.46. The zero-order valence-electron chi connectivity index (χ0n) is 11.9. The van der Waals surface area contributed by atoms with Gasteiger partial charge in [-0.25, -0.2) is 0 Å². The van der Waals surface area contributed by atoms with Crippen LogP contribution in [-0.2, 0) is 7.05 Å². The lowest BCUT2D eigenvalue weighted by Crippen LogP contribution is -2.21. The molecule has 0 unspecified atom stereocenters. The van der Waals surface area contributed by atoms with Crippen molar-refractivity contribution in [3.8, 4) is 0 Å². The van der Waals surface area contributed by atoms with Crippen molar-refractivity contribution in [2.75, 3.05) is 44.4 Å². The first-order chi connectivity index (χ1) is 9.11. The van der Waals surface area contributed by atoms with Crippen molar-refractivity contribution in [2.24, 2.45) is 7.05 Å². The summed E-state index contributed by atoms with van der Waals surface area (Å²) in [4.78, 5) is 11.1. The van der Waals surface area contributed by atoms with Crippen LogP contribution in [-0.4, -0.2) is 58.4 Å². The molecule has 0 aliphatic rings. The molecule has 0 radical (unpaired) electrons. The predicted molar refractivity (Wildman–Crippen MR) is 77.5 cm³/mol. The Morgan fingerprint density at radius 2 is 2.05 bits per heavy atom. The number of rotatable bonds is 6. The Morgan fingerprint density at radius 1 is 1.26 bits per heavy atom. The Labute approximate surface area is 113 Å². The van der Waals surface area contributed by atoms with Gasteiger partial charge in [0.25, 0.3) is 0 Å². The summed E-state index contributed by atoms with van der Waals surface area (Å²) >= 11 is 0. The largest absolute Gasteiger partial charge is 0.370 e. The second kappa shape index (κ2) is 5.83. The van der Waals surface area contributed by atoms with E-state index in [2.05, 4.69) is 30.6 Å². The third kappa shape index (κ3) is 3.11. The molecule has 2 heterocycles. The van der Waals surface area contributed by atoms with Gasteiger partial charge in [-0.3, -0.25) is 4.68 Å². The van der Waals surface area contributed by atoms with Gasteiger partial charge in [0.05, 0.1) is 11.6 Å². The average Bonchev–Trinajstić information content (AvgIpc) is 2.72. The molecule has 7 nitrogen and oxygen atoms in total. The zero-order chi connectivity index (χ0) is 13.8. The van der Waals surface area contributed by atoms with Crippen LogP contribution < -0.4 is 10.6 Å². The normalized spacial score (nSPS) is 11.2. The van der Waals surface area contributed by atoms with Gasteiger partial charge in [0.2, 0.25) is 5.95 Å². The summed E-state index contributed by atoms with van der Waals surface area (Å²) < 4.78 is 1.76. The van der Waals surface area contributed by atoms with Gasteiger partial charge in [0.1, 0.15) is 5.82 Å². The van der Waals surface area contributed by atoms with E-state index in [1.807, 2.05) is 28.1 Å². The Morgan fingerprint density at radius 3 is 2.74 bits per heavy atom. The fourth-order valence-corrected chi connectivity index (χ4v) is 1.79. The zero-order valence-corrected chi connectivity index (χ0v) is 11.9. The fourth-order valence-electron chi connectivity index (χ4n) is 1.79. The molecule has 2 rings (SSSR count). The summed E-state index contributed by atoms with van der Waals surface area (Å²) in [5.41, 5.74) is 0.832. The molecule has 0 aliphatic heterocycles. The number of anilines is 2. The van der Waals surface area contributed by atoms with Crippen LogP contribution in [0.4, 0.5) is 11.8 Å². The summed E-state index contributed by atoms with van der Waals surface area (Å²) in [7, 11) is 5.96. The molecule has 0 amide bonds. The third-order valence-electron chi connectivity index (χ3n) is 2.78. The van der Waals surface area contributed by atoms with E-state index in [1.165, 1.54) is 0 Å². The molecule has 0 fully saturated rings. The van der Waals surface area contributed by atoms with Crippen LogP contribution in [0.3, 0.4) is 0 Å². The van der Waals surface area contributed by atoms with Crippen molar-refractivity contribution in [2.45, 2.75) is 6.92 Å². The maximum atomic E-state index is 4.50. The first kappa shape index (κ1) is 13.5. The number of hydrogen-bond acceptors (Lipinski definition) is 6. The number of nitrogens with zero attached hydrogens (tertiary/aromatic N) is 5. The maximum Gasteiger partial charge on any atom is 0.226 e. The number of nitrogens with one attached hydrogen (secondary N) is 2. The van der Waals surface area contributed by atoms with E-state index in [-0.39, 0.29) is 0 Å². The van der Waals surface area contributed by atoms with Crippen LogP contribution >= 0.6 is 0 Å². The van der Waals surface area contributed by atoms with Crippen molar-refractivity contribution < 1.29 is 0 Å². The molecule has 0 saturated heterocycles. The smallest absolute Gasteiger partial charge is 0.226 e. The van der Waals surface area contributed by atoms with Crippen LogP contribution in [0.15, 0.2) is 6.20 Å². The molecule has 2 aromatic rings. The lowest BCUT2D eigenvalue weighted by Gasteiger charge is -2.11. The monoisotopic (exact) mass is 263 g/mol. The summed E-state index contributed by atoms with van der Waals surface area (Å²) in [5, 5.41) is 11.7. The van der Waals surface area contributed by atoms with Gasteiger partial charge in [-0.15, -0.1) is 0 Å². The molecule has 7 heteroatoms. The molecule has 2 aromatic heterocycles. The Bertz CT molecular complexity index is 546. The number of fused-ring (bicyclic) bond motifs is 1. The standard InChI is InChI=1S/C12H21N7/c1-5-13-10-9-8-15-19(4)11(9)17-12(16-10)14-6-7-18(2)3/h8H,5-7H2,1-4H3,(H2,13,14,16,17). The van der Waals surface area contributed by atoms with Gasteiger partial charge in [-0.1, -0.05) is 0 Å². The second-order valence-corrected chi connectivity index (χ2v) is 4.66. The van der Waals surface area contributed by atoms with Crippen molar-refractivity contribution in [3.05, 3.63) is 6.20 Å². The van der Waals surface area contributed by atoms with E-state index in [0.29, 0.717) is 5.95 Å². The molecule has 0 bridgehead atoms. The Kier molecular flexibility index (Phi) is 4.16. The summed E-state index contributed by atoms with van der Waals surface area (Å²) in [6.07, 6.45) is 1.79. The second-order valence-electron chi connectivity index (χ2n) is 4.66. The van der Waals surface area contributed by atoms with Gasteiger partial charge in [-0.05, 0) is 21.0 Å². The minimum atomic E-state index is 0.633. The van der Waals surface area contributed by atoms with Crippen LogP contribution in [0.25, 0.3) is 11.0 Å². The molecule has 2 N–H and O–H groups in total. The highest BCUT2D eigenvalue weighted by Crippen LogP contribution is 2.20. The SMILES string of the molecule is CCNc1nc(NCCN(C)C)nc2c1cnn2C. The van der Waals surface area contributed by atoms with Crippen LogP contribution in [0.1, 0.15) is 6.92 Å². The quantitative estimate of drug-likeness (QED) is 0.802. The summed E-state index contributed by atoms with van der Waals surface area (Å²) in [6.45, 7) is 4.60. The van der Waals surface area contributed by atoms with Gasteiger partial charge in [-0.2, -0.15) is 15.1 Å². The predicted octanol–water partition coefficient (Wildman–Crippen LogP) is 0.769. The Hall–Kier alpha value is -1.89. The van der Waals surface area contributed by atoms with Gasteiger partial charge in [0, 0.05) is 26.7 Å². The molecule has 0 aromatic carbocycles. The van der Waals surface area contributed by atoms with E-state index >= 15 is 0 Å². The van der Waals surface area contributed by atoms with Crippen molar-refractivity contribution >= 4 is 22.8 Å². The fraction of sp³-hybridized carbons (Fsp3) is 0.583. The van der Waals surface area contributed by atoms with E-state index in [1.54, 1.807) is 10.9 Å². The minimum absolute atomic E-state index is 0.633. The molecule has 0 spiro atoms. The van der Waals surface area contributed by atoms with Crippen LogP contribution in [0.5, 0.6) is 0 Å². The highest BCUT2D eigenvalue weighted by molar-refractivity contribution is 5.87. The molecule has 104 valence electrons. The van der Waals surface area contributed by atoms with E-state index < -0.39 is 0 Å². The highest BCUT2D eigenvalue weighted by atomic mass is 15.3. The third-order valence-corrected chi connectivity index (χ3v) is 2.78. The topological polar surface area (TPSA) is 70.9 Å². The average molecular weight is 263 g/mol. The first-order valence-electron chi connectivity index (χ1n) is 6.44. The molecular weight excluding hydrogens is 242 g/mol. The van der Waals surface area contributed by atoms with Gasteiger partial charge in [0.15, 0.2) is 5.65 Å². The minimum Gasteiger partial charge on any atom is -0.370 e. The van der Waals surface area contributed by atoms with Crippen LogP contribution in [0.2, 0.25) is 0 Å². The van der Waals surface area contributed by atoms with Crippen molar-refractivity contribution in [3.63, 3.8) is 0 Å². The molecule has 0 atom stereocenters. The number of aryl methyl sites for hydroxylation is 1. The maximum absolute atomic E-state index is 4.50. The molecule has 0 saturated carbocycles. The van der Waals surface area contributed by atoms with E-state index in [9.17, 15) is 0 Å². The van der Waals surface area contributed by atoms with E-state index in [0.717, 1.165) is 36.5 Å². The van der Waals surface area contributed by atoms with Crippen LogP contribution in [0, 0.1) is 0 Å². The summed E-state index contributed by atoms with van der Waals surface area (Å²) in [6, 6.07) is 0. The lowest BCUT2D eigenvalue weighted by molar-refractivity contribution is 0.425. The van der Waals surface area contributed by atoms with Gasteiger partial charge >= 0.3 is 0 Å². The molecule has 19 heavy (non-hydrogen) atoms. The molecular formula is C12H21N7. The number of aromatic nitrogens is 4. The number of hydrogen-bond donors (Lipinski definition) is 2. The highest BCUT2D eigenvalue weighted by Gasteiger charge is 2.10. The molecule has 0 aliphatic carbocycles. The Balaban J connectivity index is 2.26. The van der Waals surface area contributed by atoms with E-state index in [4.69, 9.17) is 0 Å². The lowest BCUT2D eigenvalue weighted by atomic mass is 10.4. The van der Waals surface area contributed by atoms with Gasteiger partial charge < -0.3 is 15.5 Å². The van der Waals surface area contributed by atoms with Crippen molar-refractivity contribution in [1.82, 2.24) is 24.6 Å². The first-order valence-corrected chi connectivity index (χ1v) is 6.44. The number of likely N-dealkylation sites (N-methyl/N-ethyl adjacent to an activating group) is 1. The van der Waals surface area contributed by atoms with Crippen molar-refractivity contribution in [1.29, 1.82) is 0 Å².